The highest BCUT2D eigenvalue weighted by molar-refractivity contribution is 5.17. The largest absolute Gasteiger partial charge is 0.472 e. The summed E-state index contributed by atoms with van der Waals surface area (Å²) in [6.07, 6.45) is -1.05. The van der Waals surface area contributed by atoms with Gasteiger partial charge in [0.25, 0.3) is 6.43 Å². The summed E-state index contributed by atoms with van der Waals surface area (Å²) in [4.78, 5) is 4.26. The fourth-order valence-electron chi connectivity index (χ4n) is 3.74. The van der Waals surface area contributed by atoms with Crippen molar-refractivity contribution in [2.75, 3.05) is 13.2 Å². The van der Waals surface area contributed by atoms with Crippen LogP contribution in [0.25, 0.3) is 0 Å². The minimum atomic E-state index is -2.49. The predicted octanol–water partition coefficient (Wildman–Crippen LogP) is 2.63. The van der Waals surface area contributed by atoms with Crippen molar-refractivity contribution in [3.05, 3.63) is 23.9 Å². The zero-order valence-corrected chi connectivity index (χ0v) is 12.9. The van der Waals surface area contributed by atoms with Crippen LogP contribution < -0.4 is 10.1 Å². The van der Waals surface area contributed by atoms with E-state index in [-0.39, 0.29) is 11.3 Å². The summed E-state index contributed by atoms with van der Waals surface area (Å²) in [5, 5.41) is 3.54. The van der Waals surface area contributed by atoms with Crippen molar-refractivity contribution in [3.63, 3.8) is 0 Å². The molecule has 1 N–H and O–H groups in total. The number of hydrogen-bond donors (Lipinski definition) is 1. The minimum Gasteiger partial charge on any atom is -0.472 e. The maximum atomic E-state index is 12.2. The summed E-state index contributed by atoms with van der Waals surface area (Å²) in [7, 11) is 0. The molecule has 1 aliphatic carbocycles. The van der Waals surface area contributed by atoms with Gasteiger partial charge in [0.2, 0.25) is 5.88 Å². The Morgan fingerprint density at radius 3 is 3.05 bits per heavy atom. The van der Waals surface area contributed by atoms with Crippen LogP contribution in [-0.4, -0.2) is 36.8 Å². The third-order valence-corrected chi connectivity index (χ3v) is 4.74. The van der Waals surface area contributed by atoms with Gasteiger partial charge < -0.3 is 14.8 Å². The standard InChI is InChI=1S/C16H22F2N2O2/c1-16(2)14(11-6-7-21-15(11)16)19-8-10-4-3-5-13(20-10)22-9-12(17)18/h3-5,11-12,14-15,19H,6-9H2,1-2H3/t11-,14+,15+/m0/s1. The van der Waals surface area contributed by atoms with Crippen LogP contribution in [0.2, 0.25) is 0 Å². The Morgan fingerprint density at radius 1 is 1.45 bits per heavy atom. The molecule has 1 saturated carbocycles. The second kappa shape index (κ2) is 6.08. The molecule has 2 heterocycles. The van der Waals surface area contributed by atoms with Gasteiger partial charge in [0, 0.05) is 36.6 Å². The van der Waals surface area contributed by atoms with Crippen molar-refractivity contribution in [1.82, 2.24) is 10.3 Å². The number of rotatable bonds is 6. The molecule has 2 fully saturated rings. The SMILES string of the molecule is CC1(C)[C@H](NCc2cccc(OCC(F)F)n2)[C@@H]2CCO[C@H]21. The van der Waals surface area contributed by atoms with Gasteiger partial charge in [-0.3, -0.25) is 0 Å². The van der Waals surface area contributed by atoms with Gasteiger partial charge in [0.15, 0.2) is 6.61 Å². The molecule has 0 amide bonds. The quantitative estimate of drug-likeness (QED) is 0.877. The number of nitrogens with one attached hydrogen (secondary N) is 1. The molecule has 1 aromatic heterocycles. The molecule has 0 bridgehead atoms. The molecule has 122 valence electrons. The predicted molar refractivity (Wildman–Crippen MR) is 78.0 cm³/mol. The van der Waals surface area contributed by atoms with E-state index in [1.807, 2.05) is 6.07 Å². The normalized spacial score (nSPS) is 29.2. The molecule has 22 heavy (non-hydrogen) atoms. The first-order chi connectivity index (χ1) is 10.5. The Balaban J connectivity index is 1.56. The molecular weight excluding hydrogens is 290 g/mol. The fraction of sp³-hybridized carbons (Fsp3) is 0.688. The van der Waals surface area contributed by atoms with Crippen molar-refractivity contribution in [2.45, 2.75) is 45.4 Å². The van der Waals surface area contributed by atoms with E-state index in [1.54, 1.807) is 12.1 Å². The van der Waals surface area contributed by atoms with Crippen LogP contribution in [0.5, 0.6) is 5.88 Å². The van der Waals surface area contributed by atoms with E-state index >= 15 is 0 Å². The van der Waals surface area contributed by atoms with Gasteiger partial charge >= 0.3 is 0 Å². The molecule has 4 nitrogen and oxygen atoms in total. The summed E-state index contributed by atoms with van der Waals surface area (Å²) in [6, 6.07) is 5.64. The van der Waals surface area contributed by atoms with Crippen molar-refractivity contribution in [3.8, 4) is 5.88 Å². The monoisotopic (exact) mass is 312 g/mol. The molecule has 1 saturated heterocycles. The summed E-state index contributed by atoms with van der Waals surface area (Å²) < 4.78 is 35.1. The number of hydrogen-bond acceptors (Lipinski definition) is 4. The van der Waals surface area contributed by atoms with E-state index in [0.29, 0.717) is 24.6 Å². The van der Waals surface area contributed by atoms with E-state index in [0.717, 1.165) is 18.7 Å². The number of pyridine rings is 1. The molecule has 3 atom stereocenters. The maximum Gasteiger partial charge on any atom is 0.272 e. The van der Waals surface area contributed by atoms with Gasteiger partial charge in [-0.2, -0.15) is 0 Å². The lowest BCUT2D eigenvalue weighted by Gasteiger charge is -2.54. The number of halogens is 2. The molecule has 1 aromatic rings. The zero-order valence-electron chi connectivity index (χ0n) is 12.9. The molecule has 0 spiro atoms. The summed E-state index contributed by atoms with van der Waals surface area (Å²) in [5.74, 6) is 0.808. The second-order valence-electron chi connectivity index (χ2n) is 6.59. The lowest BCUT2D eigenvalue weighted by atomic mass is 9.57. The number of nitrogens with zero attached hydrogens (tertiary/aromatic N) is 1. The van der Waals surface area contributed by atoms with E-state index in [4.69, 9.17) is 9.47 Å². The molecule has 1 aliphatic heterocycles. The van der Waals surface area contributed by atoms with Gasteiger partial charge in [-0.15, -0.1) is 0 Å². The fourth-order valence-corrected chi connectivity index (χ4v) is 3.74. The second-order valence-corrected chi connectivity index (χ2v) is 6.59. The first kappa shape index (κ1) is 15.6. The Hall–Kier alpha value is -1.27. The first-order valence-electron chi connectivity index (χ1n) is 7.70. The molecule has 3 rings (SSSR count). The van der Waals surface area contributed by atoms with E-state index in [2.05, 4.69) is 24.1 Å². The summed E-state index contributed by atoms with van der Waals surface area (Å²) in [5.41, 5.74) is 0.912. The highest BCUT2D eigenvalue weighted by Gasteiger charge is 2.58. The van der Waals surface area contributed by atoms with Crippen LogP contribution in [0.1, 0.15) is 26.0 Å². The molecule has 6 heteroatoms. The van der Waals surface area contributed by atoms with Gasteiger partial charge in [-0.05, 0) is 12.5 Å². The lowest BCUT2D eigenvalue weighted by molar-refractivity contribution is -0.113. The van der Waals surface area contributed by atoms with Gasteiger partial charge in [0.1, 0.15) is 0 Å². The molecule has 2 aliphatic rings. The van der Waals surface area contributed by atoms with Crippen molar-refractivity contribution in [1.29, 1.82) is 0 Å². The van der Waals surface area contributed by atoms with Crippen LogP contribution >= 0.6 is 0 Å². The first-order valence-corrected chi connectivity index (χ1v) is 7.70. The Labute approximate surface area is 129 Å². The van der Waals surface area contributed by atoms with E-state index < -0.39 is 13.0 Å². The van der Waals surface area contributed by atoms with Crippen LogP contribution in [0, 0.1) is 11.3 Å². The summed E-state index contributed by atoms with van der Waals surface area (Å²) in [6.45, 7) is 5.25. The van der Waals surface area contributed by atoms with Crippen LogP contribution in [0.15, 0.2) is 18.2 Å². The highest BCUT2D eigenvalue weighted by Crippen LogP contribution is 2.52. The van der Waals surface area contributed by atoms with Crippen molar-refractivity contribution < 1.29 is 18.3 Å². The van der Waals surface area contributed by atoms with Crippen molar-refractivity contribution >= 4 is 0 Å². The number of aromatic nitrogens is 1. The average Bonchev–Trinajstić information content (AvgIpc) is 2.92. The topological polar surface area (TPSA) is 43.4 Å². The Bertz CT molecular complexity index is 525. The van der Waals surface area contributed by atoms with Gasteiger partial charge in [0.05, 0.1) is 11.8 Å². The van der Waals surface area contributed by atoms with Gasteiger partial charge in [-0.1, -0.05) is 19.9 Å². The average molecular weight is 312 g/mol. The van der Waals surface area contributed by atoms with Crippen LogP contribution in [-0.2, 0) is 11.3 Å². The minimum absolute atomic E-state index is 0.116. The van der Waals surface area contributed by atoms with Crippen molar-refractivity contribution in [2.24, 2.45) is 11.3 Å². The third-order valence-electron chi connectivity index (χ3n) is 4.74. The molecular formula is C16H22F2N2O2. The number of ether oxygens (including phenoxy) is 2. The molecule has 0 radical (unpaired) electrons. The zero-order chi connectivity index (χ0) is 15.7. The smallest absolute Gasteiger partial charge is 0.272 e. The number of fused-ring (bicyclic) bond motifs is 1. The Morgan fingerprint density at radius 2 is 2.27 bits per heavy atom. The van der Waals surface area contributed by atoms with Gasteiger partial charge in [-0.25, -0.2) is 13.8 Å². The van der Waals surface area contributed by atoms with E-state index in [9.17, 15) is 8.78 Å². The lowest BCUT2D eigenvalue weighted by Crippen LogP contribution is -2.65. The third kappa shape index (κ3) is 2.94. The number of alkyl halides is 2. The molecule has 0 aromatic carbocycles. The molecule has 0 unspecified atom stereocenters. The van der Waals surface area contributed by atoms with E-state index in [1.165, 1.54) is 0 Å². The Kier molecular flexibility index (Phi) is 4.32. The van der Waals surface area contributed by atoms with Crippen LogP contribution in [0.3, 0.4) is 0 Å². The maximum absolute atomic E-state index is 12.2. The summed E-state index contributed by atoms with van der Waals surface area (Å²) >= 11 is 0. The highest BCUT2D eigenvalue weighted by atomic mass is 19.3. The van der Waals surface area contributed by atoms with Crippen LogP contribution in [0.4, 0.5) is 8.78 Å².